The number of benzene rings is 1. The predicted octanol–water partition coefficient (Wildman–Crippen LogP) is 0.670. The fraction of sp³-hybridized carbons (Fsp3) is 0.417. The summed E-state index contributed by atoms with van der Waals surface area (Å²) in [5.41, 5.74) is 13.3. The van der Waals surface area contributed by atoms with Crippen LogP contribution in [0.5, 0.6) is 0 Å². The molecule has 5 heteroatoms. The van der Waals surface area contributed by atoms with E-state index in [2.05, 4.69) is 4.99 Å². The van der Waals surface area contributed by atoms with Gasteiger partial charge >= 0.3 is 0 Å². The van der Waals surface area contributed by atoms with Gasteiger partial charge in [-0.25, -0.2) is 4.99 Å². The number of nitrogens with two attached hydrogens (primary N) is 2. The third-order valence-electron chi connectivity index (χ3n) is 3.27. The Morgan fingerprint density at radius 3 is 2.94 bits per heavy atom. The van der Waals surface area contributed by atoms with Crippen molar-refractivity contribution in [2.45, 2.75) is 12.1 Å². The Morgan fingerprint density at radius 2 is 2.12 bits per heavy atom. The molecule has 2 aliphatic heterocycles. The van der Waals surface area contributed by atoms with Gasteiger partial charge in [0.25, 0.3) is 6.02 Å². The predicted molar refractivity (Wildman–Crippen MR) is 64.4 cm³/mol. The number of nitrogens with zero attached hydrogens (tertiary/aromatic N) is 1. The summed E-state index contributed by atoms with van der Waals surface area (Å²) in [6, 6.07) is 7.96. The van der Waals surface area contributed by atoms with Crippen molar-refractivity contribution in [2.75, 3.05) is 18.9 Å². The minimum atomic E-state index is -0.0141. The lowest BCUT2D eigenvalue weighted by molar-refractivity contribution is 0.109. The van der Waals surface area contributed by atoms with E-state index in [1.807, 2.05) is 24.3 Å². The molecule has 3 atom stereocenters. The summed E-state index contributed by atoms with van der Waals surface area (Å²) in [6.07, 6.45) is 0.0129. The fourth-order valence-electron chi connectivity index (χ4n) is 2.45. The van der Waals surface area contributed by atoms with Crippen molar-refractivity contribution >= 4 is 11.7 Å². The minimum absolute atomic E-state index is 0.0129. The second-order valence-corrected chi connectivity index (χ2v) is 4.44. The molecule has 1 aromatic carbocycles. The van der Waals surface area contributed by atoms with Crippen LogP contribution in [0.25, 0.3) is 0 Å². The second-order valence-electron chi connectivity index (χ2n) is 4.44. The molecule has 2 aliphatic rings. The molecule has 90 valence electrons. The lowest BCUT2D eigenvalue weighted by atomic mass is 9.90. The van der Waals surface area contributed by atoms with Gasteiger partial charge in [0.15, 0.2) is 0 Å². The van der Waals surface area contributed by atoms with E-state index in [1.165, 1.54) is 0 Å². The van der Waals surface area contributed by atoms with E-state index >= 15 is 0 Å². The first kappa shape index (κ1) is 10.4. The molecule has 17 heavy (non-hydrogen) atoms. The van der Waals surface area contributed by atoms with Gasteiger partial charge in [-0.3, -0.25) is 0 Å². The van der Waals surface area contributed by atoms with Crippen LogP contribution < -0.4 is 11.5 Å². The van der Waals surface area contributed by atoms with E-state index in [0.29, 0.717) is 13.2 Å². The first-order chi connectivity index (χ1) is 8.24. The average Bonchev–Trinajstić information content (AvgIpc) is 2.75. The van der Waals surface area contributed by atoms with Crippen LogP contribution >= 0.6 is 0 Å². The molecule has 3 unspecified atom stereocenters. The first-order valence-electron chi connectivity index (χ1n) is 5.67. The molecule has 3 rings (SSSR count). The van der Waals surface area contributed by atoms with Crippen LogP contribution in [0.4, 0.5) is 5.69 Å². The lowest BCUT2D eigenvalue weighted by Gasteiger charge is -2.29. The molecule has 0 radical (unpaired) electrons. The van der Waals surface area contributed by atoms with Crippen molar-refractivity contribution in [2.24, 2.45) is 16.6 Å². The van der Waals surface area contributed by atoms with E-state index in [-0.39, 0.29) is 24.1 Å². The quantitative estimate of drug-likeness (QED) is 0.698. The van der Waals surface area contributed by atoms with Gasteiger partial charge in [0.2, 0.25) is 0 Å². The van der Waals surface area contributed by atoms with Crippen LogP contribution in [0.15, 0.2) is 29.3 Å². The maximum Gasteiger partial charge on any atom is 0.282 e. The van der Waals surface area contributed by atoms with E-state index in [4.69, 9.17) is 20.9 Å². The summed E-state index contributed by atoms with van der Waals surface area (Å²) in [4.78, 5) is 4.37. The van der Waals surface area contributed by atoms with Crippen molar-refractivity contribution in [3.05, 3.63) is 29.8 Å². The van der Waals surface area contributed by atoms with E-state index < -0.39 is 0 Å². The Bertz CT molecular complexity index is 461. The van der Waals surface area contributed by atoms with Crippen molar-refractivity contribution in [3.8, 4) is 0 Å². The van der Waals surface area contributed by atoms with Crippen LogP contribution in [0, 0.1) is 5.92 Å². The summed E-state index contributed by atoms with van der Waals surface area (Å²) < 4.78 is 10.9. The molecule has 0 bridgehead atoms. The number of fused-ring (bicyclic) bond motifs is 1. The van der Waals surface area contributed by atoms with Gasteiger partial charge in [-0.2, -0.15) is 0 Å². The van der Waals surface area contributed by atoms with E-state index in [0.717, 1.165) is 11.3 Å². The van der Waals surface area contributed by atoms with Crippen molar-refractivity contribution in [3.63, 3.8) is 0 Å². The third kappa shape index (κ3) is 1.82. The number of hydrogen-bond acceptors (Lipinski definition) is 5. The zero-order chi connectivity index (χ0) is 11.8. The smallest absolute Gasteiger partial charge is 0.282 e. The maximum atomic E-state index is 5.79. The van der Waals surface area contributed by atoms with E-state index in [9.17, 15) is 0 Å². The number of nitrogen functional groups attached to an aromatic ring is 1. The van der Waals surface area contributed by atoms with Crippen molar-refractivity contribution in [1.82, 2.24) is 0 Å². The minimum Gasteiger partial charge on any atom is -0.459 e. The maximum absolute atomic E-state index is 5.79. The normalized spacial score (nSPS) is 31.5. The highest BCUT2D eigenvalue weighted by molar-refractivity contribution is 5.73. The lowest BCUT2D eigenvalue weighted by Crippen LogP contribution is -2.37. The SMILES string of the molecule is NC1=NC(c2cccc(N)c2)C2COCC2O1. The molecule has 0 aliphatic carbocycles. The van der Waals surface area contributed by atoms with Crippen LogP contribution in [0.3, 0.4) is 0 Å². The van der Waals surface area contributed by atoms with Gasteiger partial charge in [0, 0.05) is 11.6 Å². The molecule has 1 fully saturated rings. The second kappa shape index (κ2) is 3.92. The molecular weight excluding hydrogens is 218 g/mol. The van der Waals surface area contributed by atoms with Gasteiger partial charge in [-0.1, -0.05) is 12.1 Å². The van der Waals surface area contributed by atoms with Gasteiger partial charge in [-0.05, 0) is 17.7 Å². The summed E-state index contributed by atoms with van der Waals surface area (Å²) in [5.74, 6) is 0.226. The molecule has 1 saturated heterocycles. The van der Waals surface area contributed by atoms with Gasteiger partial charge < -0.3 is 20.9 Å². The van der Waals surface area contributed by atoms with Gasteiger partial charge in [0.1, 0.15) is 6.10 Å². The zero-order valence-electron chi connectivity index (χ0n) is 9.37. The molecule has 0 spiro atoms. The molecule has 0 saturated carbocycles. The Labute approximate surface area is 99.4 Å². The van der Waals surface area contributed by atoms with Gasteiger partial charge in [0.05, 0.1) is 19.3 Å². The first-order valence-corrected chi connectivity index (χ1v) is 5.67. The molecule has 4 N–H and O–H groups in total. The highest BCUT2D eigenvalue weighted by Gasteiger charge is 2.40. The average molecular weight is 233 g/mol. The Kier molecular flexibility index (Phi) is 2.40. The van der Waals surface area contributed by atoms with E-state index in [1.54, 1.807) is 0 Å². The number of ether oxygens (including phenoxy) is 2. The van der Waals surface area contributed by atoms with Crippen molar-refractivity contribution in [1.29, 1.82) is 0 Å². The highest BCUT2D eigenvalue weighted by Crippen LogP contribution is 2.37. The monoisotopic (exact) mass is 233 g/mol. The molecule has 0 aromatic heterocycles. The summed E-state index contributed by atoms with van der Waals surface area (Å²) >= 11 is 0. The van der Waals surface area contributed by atoms with Crippen LogP contribution in [-0.4, -0.2) is 25.3 Å². The molecule has 5 nitrogen and oxygen atoms in total. The highest BCUT2D eigenvalue weighted by atomic mass is 16.6. The Hall–Kier alpha value is -1.75. The molecule has 2 heterocycles. The zero-order valence-corrected chi connectivity index (χ0v) is 9.37. The third-order valence-corrected chi connectivity index (χ3v) is 3.27. The number of hydrogen-bond donors (Lipinski definition) is 2. The number of anilines is 1. The summed E-state index contributed by atoms with van der Waals surface area (Å²) in [6.45, 7) is 1.24. The Balaban J connectivity index is 1.97. The molecular formula is C12H15N3O2. The number of amidine groups is 1. The Morgan fingerprint density at radius 1 is 1.24 bits per heavy atom. The molecule has 1 aromatic rings. The standard InChI is InChI=1S/C12H15N3O2/c13-8-3-1-2-7(4-8)11-9-5-16-6-10(9)17-12(14)15-11/h1-4,9-11H,5-6,13H2,(H2,14,15). The molecule has 0 amide bonds. The van der Waals surface area contributed by atoms with Crippen LogP contribution in [0.2, 0.25) is 0 Å². The van der Waals surface area contributed by atoms with Crippen molar-refractivity contribution < 1.29 is 9.47 Å². The summed E-state index contributed by atoms with van der Waals surface area (Å²) in [7, 11) is 0. The van der Waals surface area contributed by atoms with Crippen LogP contribution in [-0.2, 0) is 9.47 Å². The largest absolute Gasteiger partial charge is 0.459 e. The fourth-order valence-corrected chi connectivity index (χ4v) is 2.45. The van der Waals surface area contributed by atoms with Gasteiger partial charge in [-0.15, -0.1) is 0 Å². The number of rotatable bonds is 1. The summed E-state index contributed by atoms with van der Waals surface area (Å²) in [5, 5.41) is 0. The number of aliphatic imine (C=N–C) groups is 1. The topological polar surface area (TPSA) is 82.9 Å². The van der Waals surface area contributed by atoms with Crippen LogP contribution in [0.1, 0.15) is 11.6 Å².